The predicted molar refractivity (Wildman–Crippen MR) is 71.9 cm³/mol. The molecule has 0 bridgehead atoms. The molecule has 114 valence electrons. The topological polar surface area (TPSA) is 77.5 Å². The number of hydrogen-bond acceptors (Lipinski definition) is 6. The molecule has 0 saturated carbocycles. The maximum atomic E-state index is 11.7. The van der Waals surface area contributed by atoms with Crippen molar-refractivity contribution in [3.8, 4) is 17.2 Å². The molecule has 2 aliphatic rings. The summed E-state index contributed by atoms with van der Waals surface area (Å²) in [5.74, 6) is 0.619. The molecule has 0 amide bonds. The van der Waals surface area contributed by atoms with Gasteiger partial charge in [-0.25, -0.2) is 0 Å². The van der Waals surface area contributed by atoms with Gasteiger partial charge in [0.25, 0.3) is 0 Å². The Bertz CT molecular complexity index is 541. The highest BCUT2D eigenvalue weighted by molar-refractivity contribution is 5.76. The predicted octanol–water partition coefficient (Wildman–Crippen LogP) is 0.882. The van der Waals surface area contributed by atoms with Crippen LogP contribution in [0.5, 0.6) is 17.2 Å². The van der Waals surface area contributed by atoms with Crippen LogP contribution in [0.1, 0.15) is 11.6 Å². The van der Waals surface area contributed by atoms with E-state index in [1.165, 1.54) is 7.11 Å². The molecule has 0 radical (unpaired) electrons. The summed E-state index contributed by atoms with van der Waals surface area (Å²) in [5, 5.41) is 9.60. The van der Waals surface area contributed by atoms with E-state index in [1.807, 2.05) is 4.90 Å². The lowest BCUT2D eigenvalue weighted by Crippen LogP contribution is -2.42. The van der Waals surface area contributed by atoms with Crippen LogP contribution in [0.3, 0.4) is 0 Å². The molecule has 2 heterocycles. The minimum absolute atomic E-state index is 0.116. The van der Waals surface area contributed by atoms with Crippen molar-refractivity contribution in [2.45, 2.75) is 6.04 Å². The number of carboxylic acids is 1. The summed E-state index contributed by atoms with van der Waals surface area (Å²) in [4.78, 5) is 13.6. The summed E-state index contributed by atoms with van der Waals surface area (Å²) >= 11 is 0. The lowest BCUT2D eigenvalue weighted by molar-refractivity contribution is -0.145. The number of morpholine rings is 1. The highest BCUT2D eigenvalue weighted by Crippen LogP contribution is 2.43. The number of carboxylic acid groups (broad SMARTS) is 1. The van der Waals surface area contributed by atoms with Gasteiger partial charge in [-0.1, -0.05) is 0 Å². The van der Waals surface area contributed by atoms with E-state index < -0.39 is 12.0 Å². The molecule has 21 heavy (non-hydrogen) atoms. The highest BCUT2D eigenvalue weighted by atomic mass is 16.7. The van der Waals surface area contributed by atoms with Gasteiger partial charge >= 0.3 is 5.97 Å². The molecular formula is C14H17NO6. The molecule has 1 atom stereocenters. The van der Waals surface area contributed by atoms with Crippen molar-refractivity contribution < 1.29 is 28.8 Å². The number of rotatable bonds is 4. The fourth-order valence-corrected chi connectivity index (χ4v) is 2.65. The summed E-state index contributed by atoms with van der Waals surface area (Å²) in [6.07, 6.45) is 0. The molecule has 7 nitrogen and oxygen atoms in total. The Morgan fingerprint density at radius 3 is 2.76 bits per heavy atom. The Balaban J connectivity index is 1.97. The van der Waals surface area contributed by atoms with Crippen molar-refractivity contribution in [3.05, 3.63) is 17.7 Å². The molecule has 7 heteroatoms. The van der Waals surface area contributed by atoms with Crippen LogP contribution in [0, 0.1) is 0 Å². The molecular weight excluding hydrogens is 278 g/mol. The molecule has 0 aromatic heterocycles. The zero-order chi connectivity index (χ0) is 14.8. The van der Waals surface area contributed by atoms with Gasteiger partial charge in [-0.05, 0) is 17.7 Å². The van der Waals surface area contributed by atoms with Crippen LogP contribution in [-0.4, -0.2) is 56.2 Å². The first-order chi connectivity index (χ1) is 10.2. The average molecular weight is 295 g/mol. The van der Waals surface area contributed by atoms with Crippen LogP contribution >= 0.6 is 0 Å². The fourth-order valence-electron chi connectivity index (χ4n) is 2.65. The third-order valence-corrected chi connectivity index (χ3v) is 3.64. The normalized spacial score (nSPS) is 19.3. The maximum Gasteiger partial charge on any atom is 0.325 e. The van der Waals surface area contributed by atoms with Crippen LogP contribution < -0.4 is 14.2 Å². The van der Waals surface area contributed by atoms with Gasteiger partial charge in [0.1, 0.15) is 6.04 Å². The van der Waals surface area contributed by atoms with Gasteiger partial charge < -0.3 is 24.1 Å². The van der Waals surface area contributed by atoms with Gasteiger partial charge in [0.2, 0.25) is 12.5 Å². The molecule has 1 aromatic carbocycles. The average Bonchev–Trinajstić information content (AvgIpc) is 2.95. The third-order valence-electron chi connectivity index (χ3n) is 3.64. The molecule has 3 rings (SSSR count). The minimum atomic E-state index is -0.905. The quantitative estimate of drug-likeness (QED) is 0.883. The number of hydrogen-bond donors (Lipinski definition) is 1. The Morgan fingerprint density at radius 2 is 2.10 bits per heavy atom. The van der Waals surface area contributed by atoms with E-state index in [9.17, 15) is 9.90 Å². The van der Waals surface area contributed by atoms with E-state index in [1.54, 1.807) is 12.1 Å². The number of nitrogens with zero attached hydrogens (tertiary/aromatic N) is 1. The van der Waals surface area contributed by atoms with E-state index in [0.717, 1.165) is 0 Å². The summed E-state index contributed by atoms with van der Waals surface area (Å²) in [7, 11) is 1.52. The lowest BCUT2D eigenvalue weighted by atomic mass is 10.0. The van der Waals surface area contributed by atoms with Crippen molar-refractivity contribution in [1.29, 1.82) is 0 Å². The number of carbonyl (C=O) groups is 1. The first-order valence-corrected chi connectivity index (χ1v) is 6.73. The first kappa shape index (κ1) is 14.0. The number of aliphatic carboxylic acids is 1. The van der Waals surface area contributed by atoms with E-state index in [2.05, 4.69) is 0 Å². The minimum Gasteiger partial charge on any atom is -0.493 e. The Morgan fingerprint density at radius 1 is 1.33 bits per heavy atom. The summed E-state index contributed by atoms with van der Waals surface area (Å²) in [6, 6.07) is 2.65. The Kier molecular flexibility index (Phi) is 3.85. The molecule has 1 saturated heterocycles. The van der Waals surface area contributed by atoms with Crippen molar-refractivity contribution in [3.63, 3.8) is 0 Å². The second-order valence-corrected chi connectivity index (χ2v) is 4.85. The fraction of sp³-hybridized carbons (Fsp3) is 0.500. The van der Waals surface area contributed by atoms with E-state index in [0.29, 0.717) is 49.1 Å². The van der Waals surface area contributed by atoms with Gasteiger partial charge in [0.05, 0.1) is 20.3 Å². The number of ether oxygens (including phenoxy) is 4. The van der Waals surface area contributed by atoms with Gasteiger partial charge in [-0.15, -0.1) is 0 Å². The SMILES string of the molecule is COc1cc(C(C(=O)O)N2CCOCC2)cc2c1OCO2. The molecule has 0 spiro atoms. The standard InChI is InChI=1S/C14H17NO6/c1-18-10-6-9(7-11-13(10)21-8-20-11)12(14(16)17)15-2-4-19-5-3-15/h6-7,12H,2-5,8H2,1H3,(H,16,17). The van der Waals surface area contributed by atoms with E-state index in [-0.39, 0.29) is 6.79 Å². The monoisotopic (exact) mass is 295 g/mol. The van der Waals surface area contributed by atoms with Crippen LogP contribution in [0.25, 0.3) is 0 Å². The number of fused-ring (bicyclic) bond motifs is 1. The molecule has 0 aliphatic carbocycles. The summed E-state index contributed by atoms with van der Waals surface area (Å²) < 4.78 is 21.2. The van der Waals surface area contributed by atoms with Crippen LogP contribution in [0.15, 0.2) is 12.1 Å². The second-order valence-electron chi connectivity index (χ2n) is 4.85. The smallest absolute Gasteiger partial charge is 0.325 e. The van der Waals surface area contributed by atoms with E-state index >= 15 is 0 Å². The third kappa shape index (κ3) is 2.62. The van der Waals surface area contributed by atoms with Gasteiger partial charge in [-0.3, -0.25) is 9.69 Å². The molecule has 1 N–H and O–H groups in total. The van der Waals surface area contributed by atoms with Gasteiger partial charge in [-0.2, -0.15) is 0 Å². The molecule has 1 unspecified atom stereocenters. The zero-order valence-corrected chi connectivity index (χ0v) is 11.7. The highest BCUT2D eigenvalue weighted by Gasteiger charge is 2.31. The first-order valence-electron chi connectivity index (χ1n) is 6.73. The summed E-state index contributed by atoms with van der Waals surface area (Å²) in [5.41, 5.74) is 0.616. The Hall–Kier alpha value is -1.99. The largest absolute Gasteiger partial charge is 0.493 e. The molecule has 1 fully saturated rings. The van der Waals surface area contributed by atoms with Crippen molar-refractivity contribution in [2.75, 3.05) is 40.2 Å². The maximum absolute atomic E-state index is 11.7. The zero-order valence-electron chi connectivity index (χ0n) is 11.7. The molecule has 1 aromatic rings. The van der Waals surface area contributed by atoms with Crippen molar-refractivity contribution in [1.82, 2.24) is 4.90 Å². The van der Waals surface area contributed by atoms with Crippen LogP contribution in [-0.2, 0) is 9.53 Å². The van der Waals surface area contributed by atoms with Crippen molar-refractivity contribution in [2.24, 2.45) is 0 Å². The van der Waals surface area contributed by atoms with Crippen LogP contribution in [0.2, 0.25) is 0 Å². The van der Waals surface area contributed by atoms with Gasteiger partial charge in [0, 0.05) is 13.1 Å². The number of methoxy groups -OCH3 is 1. The Labute approximate surface area is 122 Å². The summed E-state index contributed by atoms with van der Waals surface area (Å²) in [6.45, 7) is 2.34. The van der Waals surface area contributed by atoms with Gasteiger partial charge in [0.15, 0.2) is 11.5 Å². The molecule has 2 aliphatic heterocycles. The van der Waals surface area contributed by atoms with Crippen LogP contribution in [0.4, 0.5) is 0 Å². The number of benzene rings is 1. The second kappa shape index (κ2) is 5.79. The van der Waals surface area contributed by atoms with Crippen molar-refractivity contribution >= 4 is 5.97 Å². The lowest BCUT2D eigenvalue weighted by Gasteiger charge is -2.32. The van der Waals surface area contributed by atoms with E-state index in [4.69, 9.17) is 18.9 Å².